The highest BCUT2D eigenvalue weighted by atomic mass is 16.6. The topological polar surface area (TPSA) is 54.0 Å². The van der Waals surface area contributed by atoms with E-state index in [0.29, 0.717) is 36.0 Å². The molecule has 2 aromatic carbocycles. The van der Waals surface area contributed by atoms with E-state index >= 15 is 0 Å². The van der Waals surface area contributed by atoms with Crippen molar-refractivity contribution >= 4 is 11.9 Å². The largest absolute Gasteiger partial charge is 0.497 e. The van der Waals surface area contributed by atoms with Crippen molar-refractivity contribution in [2.75, 3.05) is 27.4 Å². The molecule has 5 heteroatoms. The van der Waals surface area contributed by atoms with E-state index in [9.17, 15) is 4.79 Å². The van der Waals surface area contributed by atoms with Crippen LogP contribution in [0.4, 0.5) is 0 Å². The molecule has 2 aromatic rings. The first-order valence-corrected chi connectivity index (χ1v) is 7.55. The highest BCUT2D eigenvalue weighted by Crippen LogP contribution is 2.31. The summed E-state index contributed by atoms with van der Waals surface area (Å²) in [6.07, 6.45) is 3.25. The van der Waals surface area contributed by atoms with Crippen molar-refractivity contribution in [1.82, 2.24) is 0 Å². The van der Waals surface area contributed by atoms with Crippen LogP contribution in [0.5, 0.6) is 23.0 Å². The summed E-state index contributed by atoms with van der Waals surface area (Å²) in [5.74, 6) is 2.38. The molecule has 0 atom stereocenters. The number of fused-ring (bicyclic) bond motifs is 1. The molecule has 0 unspecified atom stereocenters. The van der Waals surface area contributed by atoms with E-state index in [0.717, 1.165) is 11.3 Å². The van der Waals surface area contributed by atoms with Crippen molar-refractivity contribution in [3.63, 3.8) is 0 Å². The number of rotatable bonds is 5. The SMILES string of the molecule is COc1ccc(C(=O)C=Cc2ccc3c(c2)OCCO3)c(OC)c1. The number of hydrogen-bond donors (Lipinski definition) is 0. The van der Waals surface area contributed by atoms with Crippen molar-refractivity contribution in [2.24, 2.45) is 0 Å². The fourth-order valence-corrected chi connectivity index (χ4v) is 2.43. The zero-order valence-corrected chi connectivity index (χ0v) is 13.6. The van der Waals surface area contributed by atoms with Crippen molar-refractivity contribution in [1.29, 1.82) is 0 Å². The van der Waals surface area contributed by atoms with Gasteiger partial charge in [-0.1, -0.05) is 12.1 Å². The molecule has 1 heterocycles. The summed E-state index contributed by atoms with van der Waals surface area (Å²) in [5.41, 5.74) is 1.34. The van der Waals surface area contributed by atoms with Gasteiger partial charge in [0.15, 0.2) is 17.3 Å². The Bertz CT molecular complexity index is 779. The lowest BCUT2D eigenvalue weighted by Crippen LogP contribution is -2.15. The van der Waals surface area contributed by atoms with Gasteiger partial charge in [0.05, 0.1) is 19.8 Å². The summed E-state index contributed by atoms with van der Waals surface area (Å²) in [4.78, 5) is 12.4. The summed E-state index contributed by atoms with van der Waals surface area (Å²) >= 11 is 0. The fourth-order valence-electron chi connectivity index (χ4n) is 2.43. The molecule has 3 rings (SSSR count). The monoisotopic (exact) mass is 326 g/mol. The van der Waals surface area contributed by atoms with Gasteiger partial charge in [-0.3, -0.25) is 4.79 Å². The van der Waals surface area contributed by atoms with Crippen LogP contribution in [-0.4, -0.2) is 33.2 Å². The molecule has 0 saturated carbocycles. The third-order valence-corrected chi connectivity index (χ3v) is 3.67. The van der Waals surface area contributed by atoms with Crippen LogP contribution in [0.15, 0.2) is 42.5 Å². The molecule has 1 aliphatic heterocycles. The first-order valence-electron chi connectivity index (χ1n) is 7.55. The minimum Gasteiger partial charge on any atom is -0.497 e. The number of carbonyl (C=O) groups excluding carboxylic acids is 1. The Balaban J connectivity index is 1.80. The second kappa shape index (κ2) is 7.08. The van der Waals surface area contributed by atoms with Crippen LogP contribution in [0.1, 0.15) is 15.9 Å². The number of allylic oxidation sites excluding steroid dienone is 1. The Morgan fingerprint density at radius 2 is 1.79 bits per heavy atom. The Morgan fingerprint density at radius 1 is 1.00 bits per heavy atom. The number of carbonyl (C=O) groups is 1. The van der Waals surface area contributed by atoms with E-state index in [2.05, 4.69) is 0 Å². The summed E-state index contributed by atoms with van der Waals surface area (Å²) < 4.78 is 21.4. The van der Waals surface area contributed by atoms with Gasteiger partial charge in [0.1, 0.15) is 24.7 Å². The highest BCUT2D eigenvalue weighted by Gasteiger charge is 2.12. The third-order valence-electron chi connectivity index (χ3n) is 3.67. The first kappa shape index (κ1) is 15.9. The van der Waals surface area contributed by atoms with Crippen LogP contribution in [0, 0.1) is 0 Å². The summed E-state index contributed by atoms with van der Waals surface area (Å²) in [6, 6.07) is 10.7. The van der Waals surface area contributed by atoms with Gasteiger partial charge in [-0.05, 0) is 35.9 Å². The standard InChI is InChI=1S/C19H18O5/c1-21-14-5-6-15(18(12-14)22-2)16(20)7-3-13-4-8-17-19(11-13)24-10-9-23-17/h3-8,11-12H,9-10H2,1-2H3. The number of benzene rings is 2. The molecule has 24 heavy (non-hydrogen) atoms. The predicted octanol–water partition coefficient (Wildman–Crippen LogP) is 3.37. The zero-order valence-electron chi connectivity index (χ0n) is 13.6. The number of methoxy groups -OCH3 is 2. The van der Waals surface area contributed by atoms with Crippen molar-refractivity contribution in [3.8, 4) is 23.0 Å². The molecule has 0 saturated heterocycles. The van der Waals surface area contributed by atoms with Crippen LogP contribution in [0.3, 0.4) is 0 Å². The number of hydrogen-bond acceptors (Lipinski definition) is 5. The molecule has 0 aliphatic carbocycles. The molecule has 0 radical (unpaired) electrons. The fraction of sp³-hybridized carbons (Fsp3) is 0.211. The van der Waals surface area contributed by atoms with Gasteiger partial charge in [0.25, 0.3) is 0 Å². The van der Waals surface area contributed by atoms with Crippen molar-refractivity contribution in [2.45, 2.75) is 0 Å². The van der Waals surface area contributed by atoms with Crippen LogP contribution in [0.25, 0.3) is 6.08 Å². The first-order chi connectivity index (χ1) is 11.7. The lowest BCUT2D eigenvalue weighted by Gasteiger charge is -2.18. The number of ketones is 1. The van der Waals surface area contributed by atoms with E-state index in [1.807, 2.05) is 18.2 Å². The van der Waals surface area contributed by atoms with Crippen LogP contribution >= 0.6 is 0 Å². The lowest BCUT2D eigenvalue weighted by molar-refractivity contribution is 0.104. The molecule has 1 aliphatic rings. The van der Waals surface area contributed by atoms with Gasteiger partial charge in [0.2, 0.25) is 0 Å². The molecule has 0 aromatic heterocycles. The molecule has 0 N–H and O–H groups in total. The Hall–Kier alpha value is -2.95. The van der Waals surface area contributed by atoms with Crippen LogP contribution < -0.4 is 18.9 Å². The van der Waals surface area contributed by atoms with Gasteiger partial charge in [0, 0.05) is 6.07 Å². The van der Waals surface area contributed by atoms with Gasteiger partial charge in [-0.25, -0.2) is 0 Å². The summed E-state index contributed by atoms with van der Waals surface area (Å²) in [5, 5.41) is 0. The van der Waals surface area contributed by atoms with E-state index in [1.54, 1.807) is 31.4 Å². The Kier molecular flexibility index (Phi) is 4.70. The van der Waals surface area contributed by atoms with E-state index in [4.69, 9.17) is 18.9 Å². The minimum absolute atomic E-state index is 0.149. The lowest BCUT2D eigenvalue weighted by atomic mass is 10.1. The zero-order chi connectivity index (χ0) is 16.9. The molecule has 0 amide bonds. The van der Waals surface area contributed by atoms with Crippen molar-refractivity contribution in [3.05, 3.63) is 53.6 Å². The number of ether oxygens (including phenoxy) is 4. The van der Waals surface area contributed by atoms with Crippen molar-refractivity contribution < 1.29 is 23.7 Å². The molecular formula is C19H18O5. The second-order valence-corrected chi connectivity index (χ2v) is 5.17. The molecule has 0 fully saturated rings. The molecule has 0 bridgehead atoms. The molecule has 0 spiro atoms. The van der Waals surface area contributed by atoms with Gasteiger partial charge in [-0.2, -0.15) is 0 Å². The maximum absolute atomic E-state index is 12.4. The average Bonchev–Trinajstić information content (AvgIpc) is 2.65. The maximum Gasteiger partial charge on any atom is 0.189 e. The average molecular weight is 326 g/mol. The Labute approximate surface area is 140 Å². The van der Waals surface area contributed by atoms with Gasteiger partial charge < -0.3 is 18.9 Å². The van der Waals surface area contributed by atoms with Crippen LogP contribution in [-0.2, 0) is 0 Å². The normalized spacial score (nSPS) is 12.9. The minimum atomic E-state index is -0.149. The second-order valence-electron chi connectivity index (χ2n) is 5.17. The van der Waals surface area contributed by atoms with Crippen LogP contribution in [0.2, 0.25) is 0 Å². The summed E-state index contributed by atoms with van der Waals surface area (Å²) in [6.45, 7) is 1.08. The van der Waals surface area contributed by atoms with Gasteiger partial charge in [-0.15, -0.1) is 0 Å². The highest BCUT2D eigenvalue weighted by molar-refractivity contribution is 6.08. The smallest absolute Gasteiger partial charge is 0.189 e. The molecule has 124 valence electrons. The maximum atomic E-state index is 12.4. The molecule has 5 nitrogen and oxygen atoms in total. The Morgan fingerprint density at radius 3 is 2.54 bits per heavy atom. The van der Waals surface area contributed by atoms with Gasteiger partial charge >= 0.3 is 0 Å². The van der Waals surface area contributed by atoms with E-state index < -0.39 is 0 Å². The predicted molar refractivity (Wildman–Crippen MR) is 90.3 cm³/mol. The van der Waals surface area contributed by atoms with E-state index in [1.165, 1.54) is 13.2 Å². The quantitative estimate of drug-likeness (QED) is 0.623. The third kappa shape index (κ3) is 3.35. The van der Waals surface area contributed by atoms with E-state index in [-0.39, 0.29) is 5.78 Å². The summed E-state index contributed by atoms with van der Waals surface area (Å²) in [7, 11) is 3.09. The molecular weight excluding hydrogens is 308 g/mol.